The Hall–Kier alpha value is -3.53. The van der Waals surface area contributed by atoms with E-state index in [9.17, 15) is 14.4 Å². The molecule has 2 aromatic heterocycles. The number of anilines is 1. The van der Waals surface area contributed by atoms with Crippen LogP contribution in [-0.4, -0.2) is 40.4 Å². The van der Waals surface area contributed by atoms with Crippen molar-refractivity contribution in [2.45, 2.75) is 13.5 Å². The fraction of sp³-hybridized carbons (Fsp3) is 0.211. The molecule has 1 N–H and O–H groups in total. The van der Waals surface area contributed by atoms with Crippen molar-refractivity contribution in [3.05, 3.63) is 57.8 Å². The van der Waals surface area contributed by atoms with E-state index in [1.165, 1.54) is 11.4 Å². The van der Waals surface area contributed by atoms with Crippen LogP contribution >= 0.6 is 11.3 Å². The molecule has 0 aliphatic carbocycles. The standard InChI is InChI=1S/C19H18N4O5S/c1-3-28-18(26)15-11-29-19(20-15)21-16(24)10-23-17(25)9-8-14(22-23)12-4-6-13(27-2)7-5-12/h4-9,11H,3,10H2,1-2H3,(H,20,21,24). The van der Waals surface area contributed by atoms with E-state index >= 15 is 0 Å². The summed E-state index contributed by atoms with van der Waals surface area (Å²) >= 11 is 1.09. The van der Waals surface area contributed by atoms with Crippen LogP contribution in [0.4, 0.5) is 5.13 Å². The van der Waals surface area contributed by atoms with Crippen molar-refractivity contribution in [1.29, 1.82) is 0 Å². The molecule has 9 nitrogen and oxygen atoms in total. The highest BCUT2D eigenvalue weighted by Gasteiger charge is 2.14. The predicted molar refractivity (Wildman–Crippen MR) is 107 cm³/mol. The molecule has 0 aliphatic heterocycles. The van der Waals surface area contributed by atoms with Crippen molar-refractivity contribution in [2.75, 3.05) is 19.0 Å². The minimum Gasteiger partial charge on any atom is -0.497 e. The van der Waals surface area contributed by atoms with Gasteiger partial charge in [-0.3, -0.25) is 9.59 Å². The first-order valence-corrected chi connectivity index (χ1v) is 9.53. The number of amides is 1. The Kier molecular flexibility index (Phi) is 6.35. The molecule has 3 rings (SSSR count). The van der Waals surface area contributed by atoms with Gasteiger partial charge in [0.15, 0.2) is 10.8 Å². The number of ether oxygens (including phenoxy) is 2. The van der Waals surface area contributed by atoms with Crippen LogP contribution in [-0.2, 0) is 16.1 Å². The minimum atomic E-state index is -0.561. The number of rotatable bonds is 7. The Bertz CT molecular complexity index is 1070. The summed E-state index contributed by atoms with van der Waals surface area (Å²) in [6.07, 6.45) is 0. The second-order valence-electron chi connectivity index (χ2n) is 5.75. The smallest absolute Gasteiger partial charge is 0.357 e. The molecule has 3 aromatic rings. The summed E-state index contributed by atoms with van der Waals surface area (Å²) in [7, 11) is 1.57. The van der Waals surface area contributed by atoms with E-state index in [1.807, 2.05) is 12.1 Å². The van der Waals surface area contributed by atoms with Gasteiger partial charge in [0.25, 0.3) is 5.56 Å². The molecular weight excluding hydrogens is 396 g/mol. The fourth-order valence-corrected chi connectivity index (χ4v) is 3.10. The molecule has 2 heterocycles. The third-order valence-corrected chi connectivity index (χ3v) is 4.54. The maximum absolute atomic E-state index is 12.3. The number of thiazole rings is 1. The lowest BCUT2D eigenvalue weighted by molar-refractivity contribution is -0.117. The fourth-order valence-electron chi connectivity index (χ4n) is 2.40. The molecular formula is C19H18N4O5S. The number of esters is 1. The van der Waals surface area contributed by atoms with Crippen LogP contribution in [0.25, 0.3) is 11.3 Å². The molecule has 0 unspecified atom stereocenters. The molecule has 0 atom stereocenters. The Morgan fingerprint density at radius 1 is 1.17 bits per heavy atom. The van der Waals surface area contributed by atoms with Crippen molar-refractivity contribution in [2.24, 2.45) is 0 Å². The van der Waals surface area contributed by atoms with E-state index in [2.05, 4.69) is 15.4 Å². The highest BCUT2D eigenvalue weighted by Crippen LogP contribution is 2.20. The third-order valence-electron chi connectivity index (χ3n) is 3.78. The first-order chi connectivity index (χ1) is 14.0. The molecule has 0 fully saturated rings. The van der Waals surface area contributed by atoms with Crippen LogP contribution in [0.5, 0.6) is 5.75 Å². The minimum absolute atomic E-state index is 0.115. The van der Waals surface area contributed by atoms with Gasteiger partial charge in [-0.15, -0.1) is 11.3 Å². The maximum Gasteiger partial charge on any atom is 0.357 e. The van der Waals surface area contributed by atoms with Crippen LogP contribution < -0.4 is 15.6 Å². The first kappa shape index (κ1) is 20.2. The van der Waals surface area contributed by atoms with E-state index in [1.54, 1.807) is 32.2 Å². The SMILES string of the molecule is CCOC(=O)c1csc(NC(=O)Cn2nc(-c3ccc(OC)cc3)ccc2=O)n1. The lowest BCUT2D eigenvalue weighted by atomic mass is 10.1. The second kappa shape index (κ2) is 9.11. The summed E-state index contributed by atoms with van der Waals surface area (Å²) in [5.41, 5.74) is 1.02. The average Bonchev–Trinajstić information content (AvgIpc) is 3.18. The number of methoxy groups -OCH3 is 1. The monoisotopic (exact) mass is 414 g/mol. The first-order valence-electron chi connectivity index (χ1n) is 8.65. The molecule has 10 heteroatoms. The number of nitrogens with one attached hydrogen (secondary N) is 1. The van der Waals surface area contributed by atoms with Gasteiger partial charge in [0, 0.05) is 17.0 Å². The number of nitrogens with zero attached hydrogens (tertiary/aromatic N) is 3. The van der Waals surface area contributed by atoms with Gasteiger partial charge >= 0.3 is 5.97 Å². The highest BCUT2D eigenvalue weighted by molar-refractivity contribution is 7.14. The van der Waals surface area contributed by atoms with Crippen LogP contribution in [0.2, 0.25) is 0 Å². The number of aromatic nitrogens is 3. The molecule has 0 bridgehead atoms. The Balaban J connectivity index is 1.71. The molecule has 0 aliphatic rings. The maximum atomic E-state index is 12.3. The highest BCUT2D eigenvalue weighted by atomic mass is 32.1. The van der Waals surface area contributed by atoms with E-state index in [4.69, 9.17) is 9.47 Å². The topological polar surface area (TPSA) is 112 Å². The van der Waals surface area contributed by atoms with Crippen molar-refractivity contribution in [1.82, 2.24) is 14.8 Å². The molecule has 0 spiro atoms. The zero-order valence-corrected chi connectivity index (χ0v) is 16.6. The van der Waals surface area contributed by atoms with E-state index in [0.717, 1.165) is 21.6 Å². The Morgan fingerprint density at radius 3 is 2.62 bits per heavy atom. The zero-order valence-electron chi connectivity index (χ0n) is 15.7. The predicted octanol–water partition coefficient (Wildman–Crippen LogP) is 2.19. The molecule has 1 aromatic carbocycles. The van der Waals surface area contributed by atoms with Gasteiger partial charge in [-0.05, 0) is 37.3 Å². The molecule has 0 saturated heterocycles. The summed E-state index contributed by atoms with van der Waals surface area (Å²) in [5.74, 6) is -0.349. The van der Waals surface area contributed by atoms with Gasteiger partial charge in [0.2, 0.25) is 5.91 Å². The number of carbonyl (C=O) groups excluding carboxylic acids is 2. The van der Waals surface area contributed by atoms with Crippen LogP contribution in [0, 0.1) is 0 Å². The number of hydrogen-bond donors (Lipinski definition) is 1. The summed E-state index contributed by atoms with van der Waals surface area (Å²) < 4.78 is 11.0. The van der Waals surface area contributed by atoms with E-state index < -0.39 is 17.4 Å². The number of carbonyl (C=O) groups is 2. The summed E-state index contributed by atoms with van der Waals surface area (Å²) in [5, 5.41) is 8.52. The van der Waals surface area contributed by atoms with Gasteiger partial charge in [0.1, 0.15) is 12.3 Å². The van der Waals surface area contributed by atoms with E-state index in [-0.39, 0.29) is 24.0 Å². The number of hydrogen-bond acceptors (Lipinski definition) is 8. The van der Waals surface area contributed by atoms with Gasteiger partial charge in [-0.1, -0.05) is 0 Å². The van der Waals surface area contributed by atoms with Crippen molar-refractivity contribution in [3.8, 4) is 17.0 Å². The largest absolute Gasteiger partial charge is 0.497 e. The molecule has 1 amide bonds. The number of benzene rings is 1. The lowest BCUT2D eigenvalue weighted by Gasteiger charge is -2.07. The zero-order chi connectivity index (χ0) is 20.8. The molecule has 0 saturated carbocycles. The van der Waals surface area contributed by atoms with Crippen LogP contribution in [0.3, 0.4) is 0 Å². The normalized spacial score (nSPS) is 10.4. The summed E-state index contributed by atoms with van der Waals surface area (Å²) in [6.45, 7) is 1.63. The third kappa shape index (κ3) is 5.05. The van der Waals surface area contributed by atoms with Crippen molar-refractivity contribution >= 4 is 28.3 Å². The van der Waals surface area contributed by atoms with Gasteiger partial charge in [0.05, 0.1) is 19.4 Å². The summed E-state index contributed by atoms with van der Waals surface area (Å²) in [4.78, 5) is 40.0. The van der Waals surface area contributed by atoms with E-state index in [0.29, 0.717) is 11.4 Å². The summed E-state index contributed by atoms with van der Waals surface area (Å²) in [6, 6.07) is 10.1. The van der Waals surface area contributed by atoms with Crippen molar-refractivity contribution in [3.63, 3.8) is 0 Å². The van der Waals surface area contributed by atoms with Gasteiger partial charge in [-0.2, -0.15) is 5.10 Å². The van der Waals surface area contributed by atoms with Crippen molar-refractivity contribution < 1.29 is 19.1 Å². The second-order valence-corrected chi connectivity index (χ2v) is 6.61. The molecule has 29 heavy (non-hydrogen) atoms. The van der Waals surface area contributed by atoms with Gasteiger partial charge in [-0.25, -0.2) is 14.5 Å². The average molecular weight is 414 g/mol. The van der Waals surface area contributed by atoms with Crippen LogP contribution in [0.1, 0.15) is 17.4 Å². The molecule has 0 radical (unpaired) electrons. The van der Waals surface area contributed by atoms with Gasteiger partial charge < -0.3 is 14.8 Å². The molecule has 150 valence electrons. The van der Waals surface area contributed by atoms with Crippen LogP contribution in [0.15, 0.2) is 46.6 Å². The lowest BCUT2D eigenvalue weighted by Crippen LogP contribution is -2.29. The Labute approximate surface area is 169 Å². The Morgan fingerprint density at radius 2 is 1.93 bits per heavy atom. The quantitative estimate of drug-likeness (QED) is 0.590.